The molecule has 1 N–H and O–H groups in total. The highest BCUT2D eigenvalue weighted by molar-refractivity contribution is 7.89. The molecule has 0 aromatic heterocycles. The number of sulfonamides is 1. The first-order valence-electron chi connectivity index (χ1n) is 6.46. The highest BCUT2D eigenvalue weighted by Crippen LogP contribution is 2.17. The van der Waals surface area contributed by atoms with Gasteiger partial charge >= 0.3 is 5.97 Å². The molecule has 0 aliphatic carbocycles. The summed E-state index contributed by atoms with van der Waals surface area (Å²) in [6.07, 6.45) is 1.50. The Labute approximate surface area is 122 Å². The van der Waals surface area contributed by atoms with E-state index in [9.17, 15) is 17.6 Å². The first-order chi connectivity index (χ1) is 9.94. The molecule has 0 amide bonds. The average Bonchev–Trinajstić information content (AvgIpc) is 2.98. The molecule has 2 rings (SSSR count). The number of carbonyl (C=O) groups is 1. The first kappa shape index (κ1) is 15.9. The Morgan fingerprint density at radius 2 is 2.29 bits per heavy atom. The molecule has 0 bridgehead atoms. The van der Waals surface area contributed by atoms with Crippen molar-refractivity contribution in [3.63, 3.8) is 0 Å². The highest BCUT2D eigenvalue weighted by atomic mass is 32.2. The molecule has 1 saturated heterocycles. The first-order valence-corrected chi connectivity index (χ1v) is 7.94. The summed E-state index contributed by atoms with van der Waals surface area (Å²) >= 11 is 0. The van der Waals surface area contributed by atoms with E-state index in [-0.39, 0.29) is 17.6 Å². The summed E-state index contributed by atoms with van der Waals surface area (Å²) in [4.78, 5) is 11.7. The molecule has 8 heteroatoms. The minimum absolute atomic E-state index is 0.0290. The molecular weight excluding hydrogens is 301 g/mol. The molecule has 1 atom stereocenters. The van der Waals surface area contributed by atoms with Gasteiger partial charge in [0.25, 0.3) is 0 Å². The fraction of sp³-hybridized carbons (Fsp3) is 0.462. The van der Waals surface area contributed by atoms with Crippen molar-refractivity contribution in [2.75, 3.05) is 20.3 Å². The predicted molar refractivity (Wildman–Crippen MR) is 71.9 cm³/mol. The number of carbonyl (C=O) groups excluding carboxylic acids is 1. The molecule has 1 unspecified atom stereocenters. The Morgan fingerprint density at radius 1 is 1.52 bits per heavy atom. The number of halogens is 1. The smallest absolute Gasteiger partial charge is 0.341 e. The van der Waals surface area contributed by atoms with Gasteiger partial charge in [-0.3, -0.25) is 0 Å². The zero-order chi connectivity index (χ0) is 15.5. The van der Waals surface area contributed by atoms with Gasteiger partial charge in [0.15, 0.2) is 0 Å². The van der Waals surface area contributed by atoms with Crippen molar-refractivity contribution in [1.29, 1.82) is 0 Å². The third kappa shape index (κ3) is 3.78. The molecule has 0 spiro atoms. The number of hydrogen-bond donors (Lipinski definition) is 1. The Kier molecular flexibility index (Phi) is 4.92. The minimum Gasteiger partial charge on any atom is -0.459 e. The van der Waals surface area contributed by atoms with E-state index in [1.54, 1.807) is 0 Å². The van der Waals surface area contributed by atoms with Gasteiger partial charge in [-0.2, -0.15) is 0 Å². The van der Waals surface area contributed by atoms with Crippen LogP contribution in [-0.2, 0) is 19.5 Å². The summed E-state index contributed by atoms with van der Waals surface area (Å²) < 4.78 is 49.3. The molecular formula is C13H16FNO5S. The number of benzene rings is 1. The molecule has 116 valence electrons. The topological polar surface area (TPSA) is 81.7 Å². The van der Waals surface area contributed by atoms with Crippen LogP contribution in [0.15, 0.2) is 23.1 Å². The number of nitrogens with one attached hydrogen (secondary N) is 1. The van der Waals surface area contributed by atoms with E-state index in [0.29, 0.717) is 6.61 Å². The second kappa shape index (κ2) is 6.50. The molecule has 1 aromatic rings. The third-order valence-electron chi connectivity index (χ3n) is 3.16. The van der Waals surface area contributed by atoms with E-state index in [1.807, 2.05) is 0 Å². The van der Waals surface area contributed by atoms with Crippen LogP contribution < -0.4 is 4.72 Å². The Balaban J connectivity index is 2.14. The molecule has 21 heavy (non-hydrogen) atoms. The van der Waals surface area contributed by atoms with Gasteiger partial charge < -0.3 is 9.47 Å². The van der Waals surface area contributed by atoms with E-state index < -0.39 is 27.4 Å². The van der Waals surface area contributed by atoms with Crippen LogP contribution in [0, 0.1) is 5.82 Å². The SMILES string of the molecule is CNS(=O)(=O)c1ccc(F)c(C(=O)OCC2CCCO2)c1. The van der Waals surface area contributed by atoms with Gasteiger partial charge in [0.1, 0.15) is 12.4 Å². The van der Waals surface area contributed by atoms with E-state index in [2.05, 4.69) is 4.72 Å². The van der Waals surface area contributed by atoms with Crippen LogP contribution in [0.25, 0.3) is 0 Å². The molecule has 1 fully saturated rings. The van der Waals surface area contributed by atoms with Crippen LogP contribution in [0.4, 0.5) is 4.39 Å². The summed E-state index contributed by atoms with van der Waals surface area (Å²) in [6, 6.07) is 2.96. The molecule has 1 aromatic carbocycles. The summed E-state index contributed by atoms with van der Waals surface area (Å²) in [5, 5.41) is 0. The number of ether oxygens (including phenoxy) is 2. The molecule has 1 heterocycles. The van der Waals surface area contributed by atoms with Crippen molar-refractivity contribution < 1.29 is 27.1 Å². The van der Waals surface area contributed by atoms with Crippen LogP contribution in [0.3, 0.4) is 0 Å². The summed E-state index contributed by atoms with van der Waals surface area (Å²) in [6.45, 7) is 0.647. The van der Waals surface area contributed by atoms with Gasteiger partial charge in [-0.25, -0.2) is 22.3 Å². The standard InChI is InChI=1S/C13H16FNO5S/c1-15-21(17,18)10-4-5-12(14)11(7-10)13(16)20-8-9-3-2-6-19-9/h4-5,7,9,15H,2-3,6,8H2,1H3. The van der Waals surface area contributed by atoms with Gasteiger partial charge in [0, 0.05) is 6.61 Å². The summed E-state index contributed by atoms with van der Waals surface area (Å²) in [5.41, 5.74) is -0.413. The summed E-state index contributed by atoms with van der Waals surface area (Å²) in [7, 11) is -2.52. The largest absolute Gasteiger partial charge is 0.459 e. The predicted octanol–water partition coefficient (Wildman–Crippen LogP) is 1.07. The fourth-order valence-corrected chi connectivity index (χ4v) is 2.72. The van der Waals surface area contributed by atoms with E-state index in [0.717, 1.165) is 31.0 Å². The lowest BCUT2D eigenvalue weighted by Gasteiger charge is -2.11. The Morgan fingerprint density at radius 3 is 2.90 bits per heavy atom. The van der Waals surface area contributed by atoms with Crippen molar-refractivity contribution in [3.05, 3.63) is 29.6 Å². The van der Waals surface area contributed by atoms with Crippen LogP contribution >= 0.6 is 0 Å². The highest BCUT2D eigenvalue weighted by Gasteiger charge is 2.22. The maximum atomic E-state index is 13.7. The average molecular weight is 317 g/mol. The molecule has 0 saturated carbocycles. The molecule has 1 aliphatic rings. The zero-order valence-electron chi connectivity index (χ0n) is 11.5. The fourth-order valence-electron chi connectivity index (χ4n) is 1.97. The maximum Gasteiger partial charge on any atom is 0.341 e. The lowest BCUT2D eigenvalue weighted by molar-refractivity contribution is 0.0157. The van der Waals surface area contributed by atoms with E-state index in [1.165, 1.54) is 7.05 Å². The third-order valence-corrected chi connectivity index (χ3v) is 4.57. The van der Waals surface area contributed by atoms with Crippen molar-refractivity contribution in [2.45, 2.75) is 23.8 Å². The van der Waals surface area contributed by atoms with Gasteiger partial charge in [-0.1, -0.05) is 0 Å². The van der Waals surface area contributed by atoms with E-state index in [4.69, 9.17) is 9.47 Å². The quantitative estimate of drug-likeness (QED) is 0.822. The van der Waals surface area contributed by atoms with Gasteiger partial charge in [0.2, 0.25) is 10.0 Å². The molecule has 0 radical (unpaired) electrons. The van der Waals surface area contributed by atoms with Gasteiger partial charge in [0.05, 0.1) is 16.6 Å². The van der Waals surface area contributed by atoms with Crippen LogP contribution in [0.5, 0.6) is 0 Å². The number of esters is 1. The molecule has 6 nitrogen and oxygen atoms in total. The normalized spacial score (nSPS) is 18.7. The van der Waals surface area contributed by atoms with Crippen LogP contribution in [0.1, 0.15) is 23.2 Å². The monoisotopic (exact) mass is 317 g/mol. The number of rotatable bonds is 5. The van der Waals surface area contributed by atoms with Gasteiger partial charge in [-0.15, -0.1) is 0 Å². The van der Waals surface area contributed by atoms with Crippen LogP contribution in [-0.4, -0.2) is 40.8 Å². The second-order valence-electron chi connectivity index (χ2n) is 4.58. The second-order valence-corrected chi connectivity index (χ2v) is 6.47. The van der Waals surface area contributed by atoms with E-state index >= 15 is 0 Å². The zero-order valence-corrected chi connectivity index (χ0v) is 12.3. The lowest BCUT2D eigenvalue weighted by Crippen LogP contribution is -2.21. The van der Waals surface area contributed by atoms with Crippen molar-refractivity contribution in [1.82, 2.24) is 4.72 Å². The van der Waals surface area contributed by atoms with Crippen molar-refractivity contribution in [3.8, 4) is 0 Å². The summed E-state index contributed by atoms with van der Waals surface area (Å²) in [5.74, 6) is -1.74. The maximum absolute atomic E-state index is 13.7. The lowest BCUT2D eigenvalue weighted by atomic mass is 10.2. The van der Waals surface area contributed by atoms with Crippen LogP contribution in [0.2, 0.25) is 0 Å². The Hall–Kier alpha value is -1.51. The Bertz CT molecular complexity index is 625. The van der Waals surface area contributed by atoms with Crippen molar-refractivity contribution >= 4 is 16.0 Å². The van der Waals surface area contributed by atoms with Crippen molar-refractivity contribution in [2.24, 2.45) is 0 Å². The number of hydrogen-bond acceptors (Lipinski definition) is 5. The minimum atomic E-state index is -3.75. The molecule has 1 aliphatic heterocycles. The van der Waals surface area contributed by atoms with Gasteiger partial charge in [-0.05, 0) is 38.1 Å².